The van der Waals surface area contributed by atoms with Crippen molar-refractivity contribution in [2.45, 2.75) is 31.9 Å². The zero-order valence-electron chi connectivity index (χ0n) is 14.2. The number of rotatable bonds is 3. The minimum atomic E-state index is -4.42. The third-order valence-corrected chi connectivity index (χ3v) is 4.38. The van der Waals surface area contributed by atoms with Crippen LogP contribution in [0.25, 0.3) is 0 Å². The van der Waals surface area contributed by atoms with Gasteiger partial charge in [-0.2, -0.15) is 13.2 Å². The van der Waals surface area contributed by atoms with E-state index >= 15 is 0 Å². The molecule has 0 saturated carbocycles. The van der Waals surface area contributed by atoms with Crippen LogP contribution in [-0.4, -0.2) is 28.9 Å². The van der Waals surface area contributed by atoms with Crippen molar-refractivity contribution in [3.63, 3.8) is 0 Å². The molecule has 0 unspecified atom stereocenters. The molecule has 138 valence electrons. The summed E-state index contributed by atoms with van der Waals surface area (Å²) in [5, 5.41) is 2.86. The van der Waals surface area contributed by atoms with E-state index in [1.165, 1.54) is 18.3 Å². The van der Waals surface area contributed by atoms with E-state index in [1.54, 1.807) is 17.0 Å². The zero-order chi connectivity index (χ0) is 18.6. The summed E-state index contributed by atoms with van der Waals surface area (Å²) < 4.78 is 38.7. The lowest BCUT2D eigenvalue weighted by molar-refractivity contribution is -0.137. The van der Waals surface area contributed by atoms with Crippen LogP contribution < -0.4 is 5.32 Å². The first kappa shape index (κ1) is 18.2. The molecule has 2 heterocycles. The highest BCUT2D eigenvalue weighted by molar-refractivity contribution is 5.99. The van der Waals surface area contributed by atoms with Gasteiger partial charge in [0.15, 0.2) is 0 Å². The van der Waals surface area contributed by atoms with Gasteiger partial charge in [-0.25, -0.2) is 4.98 Å². The Hall–Kier alpha value is -2.57. The van der Waals surface area contributed by atoms with E-state index in [0.717, 1.165) is 37.8 Å². The summed E-state index contributed by atoms with van der Waals surface area (Å²) in [6, 6.07) is 8.16. The molecule has 0 aliphatic carbocycles. The van der Waals surface area contributed by atoms with Crippen molar-refractivity contribution in [2.75, 3.05) is 18.4 Å². The summed E-state index contributed by atoms with van der Waals surface area (Å²) in [6.07, 6.45) is 1.21. The van der Waals surface area contributed by atoms with E-state index in [-0.39, 0.29) is 17.4 Å². The van der Waals surface area contributed by atoms with Crippen LogP contribution >= 0.6 is 0 Å². The van der Waals surface area contributed by atoms with Crippen LogP contribution in [0.3, 0.4) is 0 Å². The van der Waals surface area contributed by atoms with Crippen molar-refractivity contribution in [1.82, 2.24) is 9.88 Å². The zero-order valence-corrected chi connectivity index (χ0v) is 14.2. The minimum Gasteiger partial charge on any atom is -0.340 e. The second-order valence-electron chi connectivity index (χ2n) is 6.31. The molecule has 0 atom stereocenters. The van der Waals surface area contributed by atoms with Crippen LogP contribution in [0.1, 0.15) is 41.6 Å². The third kappa shape index (κ3) is 4.33. The molecule has 1 aliphatic heterocycles. The van der Waals surface area contributed by atoms with Crippen molar-refractivity contribution >= 4 is 17.4 Å². The molecular formula is C19H20F3N3O. The Morgan fingerprint density at radius 1 is 1.04 bits per heavy atom. The number of alkyl halides is 3. The van der Waals surface area contributed by atoms with Gasteiger partial charge in [0, 0.05) is 25.0 Å². The van der Waals surface area contributed by atoms with E-state index in [9.17, 15) is 18.0 Å². The number of halogens is 3. The van der Waals surface area contributed by atoms with Gasteiger partial charge in [0.25, 0.3) is 5.91 Å². The summed E-state index contributed by atoms with van der Waals surface area (Å²) in [5.74, 6) is 0.121. The molecule has 1 amide bonds. The number of pyridine rings is 1. The Bertz CT molecular complexity index is 769. The molecule has 7 heteroatoms. The number of aromatic nitrogens is 1. The lowest BCUT2D eigenvalue weighted by Gasteiger charge is -2.21. The van der Waals surface area contributed by atoms with Crippen LogP contribution in [0, 0.1) is 0 Å². The highest BCUT2D eigenvalue weighted by Gasteiger charge is 2.30. The Labute approximate surface area is 150 Å². The number of anilines is 2. The van der Waals surface area contributed by atoms with Gasteiger partial charge in [0.2, 0.25) is 0 Å². The lowest BCUT2D eigenvalue weighted by Crippen LogP contribution is -2.32. The molecule has 0 radical (unpaired) electrons. The van der Waals surface area contributed by atoms with Crippen LogP contribution in [-0.2, 0) is 6.18 Å². The molecule has 1 fully saturated rings. The number of hydrogen-bond donors (Lipinski definition) is 1. The van der Waals surface area contributed by atoms with Gasteiger partial charge in [-0.15, -0.1) is 0 Å². The lowest BCUT2D eigenvalue weighted by atomic mass is 10.1. The summed E-state index contributed by atoms with van der Waals surface area (Å²) in [6.45, 7) is 1.38. The predicted molar refractivity (Wildman–Crippen MR) is 93.3 cm³/mol. The van der Waals surface area contributed by atoms with Crippen LogP contribution in [0.5, 0.6) is 0 Å². The number of likely N-dealkylation sites (tertiary alicyclic amines) is 1. The molecule has 3 rings (SSSR count). The normalized spacial score (nSPS) is 15.4. The van der Waals surface area contributed by atoms with Crippen molar-refractivity contribution in [1.29, 1.82) is 0 Å². The number of nitrogens with zero attached hydrogens (tertiary/aromatic N) is 2. The minimum absolute atomic E-state index is 0.144. The van der Waals surface area contributed by atoms with Crippen LogP contribution in [0.4, 0.5) is 24.7 Å². The smallest absolute Gasteiger partial charge is 0.340 e. The maximum atomic E-state index is 12.9. The Balaban J connectivity index is 1.84. The summed E-state index contributed by atoms with van der Waals surface area (Å²) >= 11 is 0. The fourth-order valence-corrected chi connectivity index (χ4v) is 3.03. The number of nitrogens with one attached hydrogen (secondary N) is 1. The molecule has 2 aromatic rings. The fraction of sp³-hybridized carbons (Fsp3) is 0.368. The summed E-state index contributed by atoms with van der Waals surface area (Å²) in [5.41, 5.74) is -0.144. The third-order valence-electron chi connectivity index (χ3n) is 4.38. The first-order chi connectivity index (χ1) is 12.4. The Kier molecular flexibility index (Phi) is 5.44. The van der Waals surface area contributed by atoms with E-state index in [0.29, 0.717) is 18.7 Å². The average molecular weight is 363 g/mol. The molecule has 26 heavy (non-hydrogen) atoms. The van der Waals surface area contributed by atoms with Crippen molar-refractivity contribution in [2.24, 2.45) is 0 Å². The molecule has 4 nitrogen and oxygen atoms in total. The Morgan fingerprint density at radius 3 is 2.46 bits per heavy atom. The van der Waals surface area contributed by atoms with E-state index in [2.05, 4.69) is 10.3 Å². The van der Waals surface area contributed by atoms with Crippen LogP contribution in [0.2, 0.25) is 0 Å². The van der Waals surface area contributed by atoms with Crippen molar-refractivity contribution in [3.8, 4) is 0 Å². The number of carbonyl (C=O) groups is 1. The number of amides is 1. The number of carbonyl (C=O) groups excluding carboxylic acids is 1. The van der Waals surface area contributed by atoms with Gasteiger partial charge in [0.05, 0.1) is 11.1 Å². The first-order valence-corrected chi connectivity index (χ1v) is 8.64. The number of hydrogen-bond acceptors (Lipinski definition) is 3. The largest absolute Gasteiger partial charge is 0.416 e. The first-order valence-electron chi connectivity index (χ1n) is 8.64. The molecule has 0 spiro atoms. The number of benzene rings is 1. The van der Waals surface area contributed by atoms with Crippen LogP contribution in [0.15, 0.2) is 42.6 Å². The second-order valence-corrected chi connectivity index (χ2v) is 6.31. The standard InChI is InChI=1S/C19H20F3N3O/c20-19(21,22)14-7-5-8-15(13-14)24-17-16(9-6-10-23-17)18(26)25-11-3-1-2-4-12-25/h5-10,13H,1-4,11-12H2,(H,23,24). The molecule has 1 aliphatic rings. The molecular weight excluding hydrogens is 343 g/mol. The predicted octanol–water partition coefficient (Wildman–Crippen LogP) is 4.86. The maximum Gasteiger partial charge on any atom is 0.416 e. The topological polar surface area (TPSA) is 45.2 Å². The van der Waals surface area contributed by atoms with Gasteiger partial charge in [-0.3, -0.25) is 4.79 Å². The van der Waals surface area contributed by atoms with Crippen molar-refractivity contribution in [3.05, 3.63) is 53.7 Å². The highest BCUT2D eigenvalue weighted by atomic mass is 19.4. The van der Waals surface area contributed by atoms with E-state index < -0.39 is 11.7 Å². The quantitative estimate of drug-likeness (QED) is 0.847. The molecule has 0 bridgehead atoms. The van der Waals surface area contributed by atoms with E-state index in [4.69, 9.17) is 0 Å². The maximum absolute atomic E-state index is 12.9. The van der Waals surface area contributed by atoms with Gasteiger partial charge >= 0.3 is 6.18 Å². The summed E-state index contributed by atoms with van der Waals surface area (Å²) in [4.78, 5) is 18.8. The van der Waals surface area contributed by atoms with Gasteiger partial charge in [0.1, 0.15) is 5.82 Å². The Morgan fingerprint density at radius 2 is 1.77 bits per heavy atom. The van der Waals surface area contributed by atoms with Gasteiger partial charge < -0.3 is 10.2 Å². The average Bonchev–Trinajstić information content (AvgIpc) is 2.90. The molecule has 1 aromatic carbocycles. The second kappa shape index (κ2) is 7.76. The van der Waals surface area contributed by atoms with Gasteiger partial charge in [-0.05, 0) is 43.2 Å². The molecule has 1 aromatic heterocycles. The molecule has 1 N–H and O–H groups in total. The molecule has 1 saturated heterocycles. The van der Waals surface area contributed by atoms with Gasteiger partial charge in [-0.1, -0.05) is 18.9 Å². The van der Waals surface area contributed by atoms with E-state index in [1.807, 2.05) is 0 Å². The highest BCUT2D eigenvalue weighted by Crippen LogP contribution is 2.31. The SMILES string of the molecule is O=C(c1cccnc1Nc1cccc(C(F)(F)F)c1)N1CCCCCC1. The summed E-state index contributed by atoms with van der Waals surface area (Å²) in [7, 11) is 0. The monoisotopic (exact) mass is 363 g/mol. The fourth-order valence-electron chi connectivity index (χ4n) is 3.03. The van der Waals surface area contributed by atoms with Crippen molar-refractivity contribution < 1.29 is 18.0 Å².